The highest BCUT2D eigenvalue weighted by Gasteiger charge is 2.23. The molecule has 1 unspecified atom stereocenters. The molecule has 0 bridgehead atoms. The van der Waals surface area contributed by atoms with E-state index in [-0.39, 0.29) is 5.78 Å². The number of ether oxygens (including phenoxy) is 1. The van der Waals surface area contributed by atoms with Gasteiger partial charge in [0.2, 0.25) is 6.23 Å². The minimum atomic E-state index is -0.929. The summed E-state index contributed by atoms with van der Waals surface area (Å²) in [7, 11) is 0. The van der Waals surface area contributed by atoms with E-state index in [1.54, 1.807) is 24.3 Å². The Labute approximate surface area is 130 Å². The number of unbranched alkanes of at least 4 members (excludes halogenated alkanes) is 1. The molecular formula is C15H20ClN3O2. The van der Waals surface area contributed by atoms with E-state index in [1.807, 2.05) is 6.92 Å². The van der Waals surface area contributed by atoms with Gasteiger partial charge in [-0.15, -0.1) is 0 Å². The first-order valence-corrected chi connectivity index (χ1v) is 7.08. The molecule has 0 saturated heterocycles. The SMILES string of the molecule is C=C/N=C\N(N)C(Oc1ccc(Cl)cc1)C(=O)CCCC. The van der Waals surface area contributed by atoms with Crippen LogP contribution in [-0.4, -0.2) is 23.4 Å². The van der Waals surface area contributed by atoms with E-state index in [0.29, 0.717) is 17.2 Å². The second-order valence-corrected chi connectivity index (χ2v) is 4.82. The van der Waals surface area contributed by atoms with Crippen molar-refractivity contribution in [2.24, 2.45) is 10.8 Å². The fraction of sp³-hybridized carbons (Fsp3) is 0.333. The third kappa shape index (κ3) is 5.97. The number of rotatable bonds is 9. The van der Waals surface area contributed by atoms with Crippen molar-refractivity contribution in [1.29, 1.82) is 0 Å². The lowest BCUT2D eigenvalue weighted by atomic mass is 10.1. The maximum Gasteiger partial charge on any atom is 0.245 e. The predicted molar refractivity (Wildman–Crippen MR) is 85.1 cm³/mol. The first-order chi connectivity index (χ1) is 10.1. The van der Waals surface area contributed by atoms with Gasteiger partial charge in [0, 0.05) is 17.6 Å². The van der Waals surface area contributed by atoms with Crippen LogP contribution in [0.25, 0.3) is 0 Å². The van der Waals surface area contributed by atoms with E-state index in [9.17, 15) is 4.79 Å². The number of hydrazine groups is 1. The van der Waals surface area contributed by atoms with Gasteiger partial charge in [0.15, 0.2) is 5.78 Å². The van der Waals surface area contributed by atoms with Gasteiger partial charge >= 0.3 is 0 Å². The average molecular weight is 310 g/mol. The van der Waals surface area contributed by atoms with Gasteiger partial charge in [0.25, 0.3) is 0 Å². The van der Waals surface area contributed by atoms with Crippen molar-refractivity contribution in [2.75, 3.05) is 0 Å². The third-order valence-electron chi connectivity index (χ3n) is 2.69. The van der Waals surface area contributed by atoms with E-state index in [2.05, 4.69) is 11.6 Å². The van der Waals surface area contributed by atoms with E-state index in [4.69, 9.17) is 22.2 Å². The highest BCUT2D eigenvalue weighted by Crippen LogP contribution is 2.18. The lowest BCUT2D eigenvalue weighted by molar-refractivity contribution is -0.131. The number of nitrogens with two attached hydrogens (primary N) is 1. The molecule has 0 aromatic heterocycles. The Morgan fingerprint density at radius 3 is 2.76 bits per heavy atom. The van der Waals surface area contributed by atoms with Crippen LogP contribution in [0.1, 0.15) is 26.2 Å². The van der Waals surface area contributed by atoms with Gasteiger partial charge in [-0.2, -0.15) is 0 Å². The number of ketones is 1. The molecule has 0 aliphatic heterocycles. The summed E-state index contributed by atoms with van der Waals surface area (Å²) >= 11 is 5.82. The molecule has 0 aliphatic carbocycles. The lowest BCUT2D eigenvalue weighted by Crippen LogP contribution is -2.48. The number of hydrogen-bond donors (Lipinski definition) is 1. The second kappa shape index (κ2) is 9.15. The molecule has 1 aromatic carbocycles. The lowest BCUT2D eigenvalue weighted by Gasteiger charge is -2.25. The summed E-state index contributed by atoms with van der Waals surface area (Å²) in [5.41, 5.74) is 0. The highest BCUT2D eigenvalue weighted by atomic mass is 35.5. The molecule has 0 aliphatic rings. The number of nitrogens with zero attached hydrogens (tertiary/aromatic N) is 2. The zero-order chi connectivity index (χ0) is 15.7. The summed E-state index contributed by atoms with van der Waals surface area (Å²) in [6.07, 6.45) is 3.80. The smallest absolute Gasteiger partial charge is 0.245 e. The minimum absolute atomic E-state index is 0.107. The number of carbonyl (C=O) groups is 1. The van der Waals surface area contributed by atoms with Crippen molar-refractivity contribution in [3.63, 3.8) is 0 Å². The second-order valence-electron chi connectivity index (χ2n) is 4.39. The molecule has 6 heteroatoms. The molecule has 0 fully saturated rings. The van der Waals surface area contributed by atoms with Crippen LogP contribution in [-0.2, 0) is 4.79 Å². The topological polar surface area (TPSA) is 67.9 Å². The van der Waals surface area contributed by atoms with Crippen LogP contribution in [0.5, 0.6) is 5.75 Å². The Kier molecular flexibility index (Phi) is 7.50. The van der Waals surface area contributed by atoms with Crippen molar-refractivity contribution >= 4 is 23.7 Å². The van der Waals surface area contributed by atoms with Crippen LogP contribution < -0.4 is 10.6 Å². The summed E-state index contributed by atoms with van der Waals surface area (Å²) in [4.78, 5) is 16.0. The summed E-state index contributed by atoms with van der Waals surface area (Å²) in [5, 5.41) is 1.72. The van der Waals surface area contributed by atoms with Crippen LogP contribution >= 0.6 is 11.6 Å². The normalized spacial score (nSPS) is 12.1. The number of Topliss-reactive ketones (excluding diaryl/α,β-unsaturated/α-hetero) is 1. The number of aliphatic imine (C=N–C) groups is 1. The molecule has 0 heterocycles. The molecule has 2 N–H and O–H groups in total. The molecule has 0 amide bonds. The van der Waals surface area contributed by atoms with Crippen molar-refractivity contribution in [2.45, 2.75) is 32.4 Å². The molecule has 5 nitrogen and oxygen atoms in total. The van der Waals surface area contributed by atoms with E-state index < -0.39 is 6.23 Å². The molecule has 1 aromatic rings. The fourth-order valence-corrected chi connectivity index (χ4v) is 1.72. The van der Waals surface area contributed by atoms with Crippen LogP contribution in [0.4, 0.5) is 0 Å². The van der Waals surface area contributed by atoms with E-state index in [1.165, 1.54) is 12.5 Å². The number of hydrogen-bond acceptors (Lipinski definition) is 4. The van der Waals surface area contributed by atoms with Crippen molar-refractivity contribution in [1.82, 2.24) is 5.01 Å². The largest absolute Gasteiger partial charge is 0.462 e. The van der Waals surface area contributed by atoms with Gasteiger partial charge in [0.05, 0.1) is 0 Å². The number of halogens is 1. The number of benzene rings is 1. The standard InChI is InChI=1S/C15H20ClN3O2/c1-3-5-6-14(20)15(19(17)11-18-4-2)21-13-9-7-12(16)8-10-13/h4,7-11,15H,2-3,5-6,17H2,1H3/b18-11-. The van der Waals surface area contributed by atoms with Crippen LogP contribution in [0.15, 0.2) is 42.0 Å². The molecule has 0 radical (unpaired) electrons. The van der Waals surface area contributed by atoms with Crippen LogP contribution in [0.2, 0.25) is 5.02 Å². The fourth-order valence-electron chi connectivity index (χ4n) is 1.59. The van der Waals surface area contributed by atoms with Crippen LogP contribution in [0.3, 0.4) is 0 Å². The van der Waals surface area contributed by atoms with Gasteiger partial charge in [-0.25, -0.2) is 10.8 Å². The monoisotopic (exact) mass is 309 g/mol. The summed E-state index contributed by atoms with van der Waals surface area (Å²) in [6.45, 7) is 5.48. The minimum Gasteiger partial charge on any atom is -0.462 e. The van der Waals surface area contributed by atoms with Gasteiger partial charge in [-0.05, 0) is 30.7 Å². The predicted octanol–water partition coefficient (Wildman–Crippen LogP) is 3.15. The molecule has 0 spiro atoms. The Bertz CT molecular complexity index is 488. The quantitative estimate of drug-likeness (QED) is 0.250. The molecular weight excluding hydrogens is 290 g/mol. The van der Waals surface area contributed by atoms with Gasteiger partial charge in [-0.1, -0.05) is 31.5 Å². The Hall–Kier alpha value is -1.85. The maximum atomic E-state index is 12.2. The van der Waals surface area contributed by atoms with Crippen molar-refractivity contribution in [3.05, 3.63) is 42.1 Å². The van der Waals surface area contributed by atoms with E-state index in [0.717, 1.165) is 17.9 Å². The molecule has 114 valence electrons. The van der Waals surface area contributed by atoms with Crippen LogP contribution in [0, 0.1) is 0 Å². The Balaban J connectivity index is 2.84. The average Bonchev–Trinajstić information content (AvgIpc) is 2.49. The number of carbonyl (C=O) groups excluding carboxylic acids is 1. The first-order valence-electron chi connectivity index (χ1n) is 6.70. The molecule has 21 heavy (non-hydrogen) atoms. The first kappa shape index (κ1) is 17.2. The highest BCUT2D eigenvalue weighted by molar-refractivity contribution is 6.30. The Morgan fingerprint density at radius 2 is 2.19 bits per heavy atom. The molecule has 1 atom stereocenters. The van der Waals surface area contributed by atoms with Gasteiger partial charge < -0.3 is 4.74 Å². The summed E-state index contributed by atoms with van der Waals surface area (Å²) in [6, 6.07) is 6.73. The Morgan fingerprint density at radius 1 is 1.52 bits per heavy atom. The summed E-state index contributed by atoms with van der Waals surface area (Å²) in [5.74, 6) is 6.22. The van der Waals surface area contributed by atoms with Gasteiger partial charge in [-0.3, -0.25) is 9.80 Å². The zero-order valence-electron chi connectivity index (χ0n) is 12.0. The maximum absolute atomic E-state index is 12.2. The van der Waals surface area contributed by atoms with Crippen molar-refractivity contribution in [3.8, 4) is 5.75 Å². The molecule has 0 saturated carbocycles. The van der Waals surface area contributed by atoms with Crippen molar-refractivity contribution < 1.29 is 9.53 Å². The van der Waals surface area contributed by atoms with Gasteiger partial charge in [0.1, 0.15) is 12.1 Å². The zero-order valence-corrected chi connectivity index (χ0v) is 12.8. The summed E-state index contributed by atoms with van der Waals surface area (Å²) < 4.78 is 5.65. The molecule has 1 rings (SSSR count). The third-order valence-corrected chi connectivity index (χ3v) is 2.94. The van der Waals surface area contributed by atoms with E-state index >= 15 is 0 Å².